The van der Waals surface area contributed by atoms with E-state index >= 15 is 0 Å². The second-order valence-corrected chi connectivity index (χ2v) is 5.44. The first kappa shape index (κ1) is 14.2. The molecule has 2 aromatic carbocycles. The van der Waals surface area contributed by atoms with Gasteiger partial charge in [-0.05, 0) is 42.8 Å². The highest BCUT2D eigenvalue weighted by Crippen LogP contribution is 2.28. The highest BCUT2D eigenvalue weighted by atomic mass is 79.9. The van der Waals surface area contributed by atoms with E-state index in [0.29, 0.717) is 17.4 Å². The summed E-state index contributed by atoms with van der Waals surface area (Å²) in [5.41, 5.74) is 2.12. The molecule has 0 aromatic heterocycles. The van der Waals surface area contributed by atoms with Crippen molar-refractivity contribution in [3.8, 4) is 11.5 Å². The largest absolute Gasteiger partial charge is 0.497 e. The van der Waals surface area contributed by atoms with Crippen LogP contribution in [0.1, 0.15) is 11.1 Å². The number of methoxy groups -OCH3 is 1. The van der Waals surface area contributed by atoms with Crippen LogP contribution in [0, 0.1) is 6.92 Å². The fourth-order valence-electron chi connectivity index (χ4n) is 1.67. The van der Waals surface area contributed by atoms with Gasteiger partial charge in [-0.2, -0.15) is 0 Å². The number of aryl methyl sites for hydroxylation is 1. The van der Waals surface area contributed by atoms with Crippen LogP contribution in [0.3, 0.4) is 0 Å². The minimum absolute atomic E-state index is 0.431. The summed E-state index contributed by atoms with van der Waals surface area (Å²) in [6.45, 7) is 2.43. The van der Waals surface area contributed by atoms with E-state index in [0.717, 1.165) is 21.3 Å². The fourth-order valence-corrected chi connectivity index (χ4v) is 2.32. The highest BCUT2D eigenvalue weighted by molar-refractivity contribution is 9.10. The maximum absolute atomic E-state index is 6.13. The topological polar surface area (TPSA) is 18.5 Å². The lowest BCUT2D eigenvalue weighted by Crippen LogP contribution is -1.98. The molecule has 4 heteroatoms. The Labute approximate surface area is 126 Å². The molecule has 0 N–H and O–H groups in total. The zero-order chi connectivity index (χ0) is 13.8. The number of hydrogen-bond donors (Lipinski definition) is 0. The van der Waals surface area contributed by atoms with Gasteiger partial charge < -0.3 is 9.47 Å². The van der Waals surface area contributed by atoms with Gasteiger partial charge in [0.1, 0.15) is 18.1 Å². The van der Waals surface area contributed by atoms with Crippen molar-refractivity contribution in [2.75, 3.05) is 7.11 Å². The van der Waals surface area contributed by atoms with E-state index < -0.39 is 0 Å². The van der Waals surface area contributed by atoms with Crippen LogP contribution in [0.25, 0.3) is 0 Å². The molecule has 0 saturated carbocycles. The van der Waals surface area contributed by atoms with Gasteiger partial charge in [0.05, 0.1) is 12.1 Å². The lowest BCUT2D eigenvalue weighted by Gasteiger charge is -2.11. The van der Waals surface area contributed by atoms with Crippen molar-refractivity contribution < 1.29 is 9.47 Å². The van der Waals surface area contributed by atoms with E-state index in [1.54, 1.807) is 7.11 Å². The minimum atomic E-state index is 0.431. The molecule has 0 saturated heterocycles. The Morgan fingerprint density at radius 2 is 1.95 bits per heavy atom. The Morgan fingerprint density at radius 1 is 1.16 bits per heavy atom. The van der Waals surface area contributed by atoms with Gasteiger partial charge in [-0.3, -0.25) is 0 Å². The number of hydrogen-bond acceptors (Lipinski definition) is 2. The summed E-state index contributed by atoms with van der Waals surface area (Å²) in [4.78, 5) is 0. The summed E-state index contributed by atoms with van der Waals surface area (Å²) < 4.78 is 11.9. The predicted octanol–water partition coefficient (Wildman–Crippen LogP) is 5.00. The second-order valence-electron chi connectivity index (χ2n) is 4.18. The fraction of sp³-hybridized carbons (Fsp3) is 0.200. The molecule has 0 bridgehead atoms. The third kappa shape index (κ3) is 3.64. The number of halogens is 2. The van der Waals surface area contributed by atoms with Crippen LogP contribution in [0.4, 0.5) is 0 Å². The predicted molar refractivity (Wildman–Crippen MR) is 81.2 cm³/mol. The van der Waals surface area contributed by atoms with Crippen molar-refractivity contribution in [1.82, 2.24) is 0 Å². The Bertz CT molecular complexity index is 584. The second kappa shape index (κ2) is 6.31. The average molecular weight is 342 g/mol. The first-order valence-corrected chi connectivity index (χ1v) is 6.98. The van der Waals surface area contributed by atoms with E-state index in [4.69, 9.17) is 21.1 Å². The molecule has 0 atom stereocenters. The normalized spacial score (nSPS) is 10.3. The SMILES string of the molecule is COc1ccc(Br)c(COc2ccc(C)cc2Cl)c1. The Morgan fingerprint density at radius 3 is 2.63 bits per heavy atom. The Kier molecular flexibility index (Phi) is 4.72. The molecule has 0 aliphatic rings. The van der Waals surface area contributed by atoms with E-state index in [-0.39, 0.29) is 0 Å². The van der Waals surface area contributed by atoms with Crippen LogP contribution in [0.15, 0.2) is 40.9 Å². The van der Waals surface area contributed by atoms with E-state index in [2.05, 4.69) is 15.9 Å². The summed E-state index contributed by atoms with van der Waals surface area (Å²) in [6, 6.07) is 11.5. The summed E-state index contributed by atoms with van der Waals surface area (Å²) in [5.74, 6) is 1.48. The molecule has 0 aliphatic carbocycles. The molecule has 0 unspecified atom stereocenters. The van der Waals surface area contributed by atoms with Gasteiger partial charge in [0, 0.05) is 10.0 Å². The number of rotatable bonds is 4. The molecule has 0 aliphatic heterocycles. The van der Waals surface area contributed by atoms with Crippen LogP contribution in [-0.4, -0.2) is 7.11 Å². The maximum Gasteiger partial charge on any atom is 0.138 e. The third-order valence-electron chi connectivity index (χ3n) is 2.72. The van der Waals surface area contributed by atoms with Crippen molar-refractivity contribution in [3.63, 3.8) is 0 Å². The minimum Gasteiger partial charge on any atom is -0.497 e. The van der Waals surface area contributed by atoms with Crippen molar-refractivity contribution in [2.45, 2.75) is 13.5 Å². The molecule has 2 rings (SSSR count). The smallest absolute Gasteiger partial charge is 0.138 e. The van der Waals surface area contributed by atoms with Crippen molar-refractivity contribution >= 4 is 27.5 Å². The van der Waals surface area contributed by atoms with Crippen LogP contribution < -0.4 is 9.47 Å². The molecule has 2 nitrogen and oxygen atoms in total. The molecular formula is C15H14BrClO2. The molecule has 100 valence electrons. The molecule has 19 heavy (non-hydrogen) atoms. The average Bonchev–Trinajstić information content (AvgIpc) is 2.39. The van der Waals surface area contributed by atoms with Crippen LogP contribution in [0.5, 0.6) is 11.5 Å². The Balaban J connectivity index is 2.14. The van der Waals surface area contributed by atoms with Crippen LogP contribution in [0.2, 0.25) is 5.02 Å². The summed E-state index contributed by atoms with van der Waals surface area (Å²) in [7, 11) is 1.64. The molecule has 0 heterocycles. The zero-order valence-electron chi connectivity index (χ0n) is 10.7. The molecule has 0 fully saturated rings. The van der Waals surface area contributed by atoms with Gasteiger partial charge in [-0.1, -0.05) is 33.6 Å². The molecular weight excluding hydrogens is 328 g/mol. The molecule has 2 aromatic rings. The quantitative estimate of drug-likeness (QED) is 0.779. The first-order valence-electron chi connectivity index (χ1n) is 5.81. The van der Waals surface area contributed by atoms with Crippen molar-refractivity contribution in [2.24, 2.45) is 0 Å². The van der Waals surface area contributed by atoms with Gasteiger partial charge >= 0.3 is 0 Å². The van der Waals surface area contributed by atoms with Gasteiger partial charge in [-0.25, -0.2) is 0 Å². The summed E-state index contributed by atoms with van der Waals surface area (Å²) >= 11 is 9.63. The number of ether oxygens (including phenoxy) is 2. The summed E-state index contributed by atoms with van der Waals surface area (Å²) in [5, 5.41) is 0.624. The summed E-state index contributed by atoms with van der Waals surface area (Å²) in [6.07, 6.45) is 0. The third-order valence-corrected chi connectivity index (χ3v) is 3.79. The van der Waals surface area contributed by atoms with Gasteiger partial charge in [0.25, 0.3) is 0 Å². The molecule has 0 amide bonds. The van der Waals surface area contributed by atoms with Crippen molar-refractivity contribution in [3.05, 3.63) is 57.0 Å². The van der Waals surface area contributed by atoms with Gasteiger partial charge in [-0.15, -0.1) is 0 Å². The van der Waals surface area contributed by atoms with Crippen LogP contribution in [-0.2, 0) is 6.61 Å². The number of benzene rings is 2. The zero-order valence-corrected chi connectivity index (χ0v) is 13.1. The molecule has 0 spiro atoms. The Hall–Kier alpha value is -1.19. The monoisotopic (exact) mass is 340 g/mol. The standard InChI is InChI=1S/C15H14BrClO2/c1-10-3-6-15(14(17)7-10)19-9-11-8-12(18-2)4-5-13(11)16/h3-8H,9H2,1-2H3. The van der Waals surface area contributed by atoms with E-state index in [9.17, 15) is 0 Å². The van der Waals surface area contributed by atoms with Gasteiger partial charge in [0.15, 0.2) is 0 Å². The molecule has 0 radical (unpaired) electrons. The van der Waals surface area contributed by atoms with Crippen molar-refractivity contribution in [1.29, 1.82) is 0 Å². The lowest BCUT2D eigenvalue weighted by atomic mass is 10.2. The van der Waals surface area contributed by atoms with E-state index in [1.807, 2.05) is 43.3 Å². The van der Waals surface area contributed by atoms with E-state index in [1.165, 1.54) is 0 Å². The lowest BCUT2D eigenvalue weighted by molar-refractivity contribution is 0.304. The first-order chi connectivity index (χ1) is 9.10. The van der Waals surface area contributed by atoms with Crippen LogP contribution >= 0.6 is 27.5 Å². The maximum atomic E-state index is 6.13. The van der Waals surface area contributed by atoms with Gasteiger partial charge in [0.2, 0.25) is 0 Å². The highest BCUT2D eigenvalue weighted by Gasteiger charge is 2.06.